The number of primary amides is 2. The predicted octanol–water partition coefficient (Wildman–Crippen LogP) is -6.09. The lowest BCUT2D eigenvalue weighted by Crippen LogP contribution is -2.55. The summed E-state index contributed by atoms with van der Waals surface area (Å²) < 4.78 is 20.9. The minimum atomic E-state index is -1.18. The summed E-state index contributed by atoms with van der Waals surface area (Å²) in [6, 6.07) is 5.42. The van der Waals surface area contributed by atoms with Gasteiger partial charge >= 0.3 is 0 Å². The van der Waals surface area contributed by atoms with Crippen LogP contribution in [0, 0.1) is 0 Å². The van der Waals surface area contributed by atoms with Crippen molar-refractivity contribution in [1.82, 2.24) is 47.9 Å². The van der Waals surface area contributed by atoms with Gasteiger partial charge in [-0.05, 0) is 11.0 Å². The third-order valence-corrected chi connectivity index (χ3v) is 9.99. The second-order valence-electron chi connectivity index (χ2n) is 14.2. The number of benzene rings is 1. The quantitative estimate of drug-likeness (QED) is 0.0216. The lowest BCUT2D eigenvalue weighted by Gasteiger charge is -2.21. The molecule has 0 unspecified atom stereocenters. The summed E-state index contributed by atoms with van der Waals surface area (Å²) in [7, 11) is 0. The van der Waals surface area contributed by atoms with Crippen molar-refractivity contribution in [2.75, 3.05) is 109 Å². The van der Waals surface area contributed by atoms with Crippen molar-refractivity contribution in [3.8, 4) is 0 Å². The first-order valence-electron chi connectivity index (χ1n) is 21.5. The van der Waals surface area contributed by atoms with Crippen LogP contribution in [0.25, 0.3) is 0 Å². The second-order valence-corrected chi connectivity index (χ2v) is 15.8. The molecule has 0 aliphatic carbocycles. The number of carbonyl (C=O) groups excluding carboxylic acids is 11. The molecule has 11 amide bonds. The van der Waals surface area contributed by atoms with Crippen molar-refractivity contribution in [3.63, 3.8) is 0 Å². The van der Waals surface area contributed by atoms with Gasteiger partial charge in [0.1, 0.15) is 31.3 Å². The van der Waals surface area contributed by atoms with Gasteiger partial charge in [0.2, 0.25) is 65.0 Å². The molecule has 0 aliphatic rings. The van der Waals surface area contributed by atoms with E-state index in [2.05, 4.69) is 73.1 Å². The summed E-state index contributed by atoms with van der Waals surface area (Å²) in [6.07, 6.45) is 1.53. The molecule has 0 spiro atoms. The van der Waals surface area contributed by atoms with Crippen molar-refractivity contribution in [3.05, 3.63) is 47.4 Å². The summed E-state index contributed by atoms with van der Waals surface area (Å²) in [5.41, 5.74) is 11.1. The SMILES string of the molecule is NC(=O)COCC(=O)NCCOCCOCCOCCNC(=O)CSC=CCC(=O)NCC(=O)N[C@@H](CS)C(=O)NCC(=O)NCC(=O)NCC(=O)N[C@@H](CS)C(=O)N[C@@H](Cc1ccccc1)C(N)=O. The Hall–Kier alpha value is -5.98. The number of hydrogen-bond donors (Lipinski definition) is 13. The standard InChI is InChI=1S/C41H63N11O15S3/c42-31(53)22-67-23-37(59)44-8-10-64-12-14-66-15-13-65-11-9-45-38(60)26-70-16-4-7-32(54)46-20-35(57)50-29(24-68)40(62)49-19-34(56)47-18-33(55)48-21-36(58)51-30(25-69)41(63)52-28(39(43)61)17-27-5-2-1-3-6-27/h1-6,16,28-30,68-69H,7-15,17-26H2,(H2,42,53)(H2,43,61)(H,44,59)(H,45,60)(H,46,54)(H,47,56)(H,48,55)(H,49,62)(H,50,57)(H,51,58)(H,52,63)/t28-,29-,30-/m0/s1. The fourth-order valence-electron chi connectivity index (χ4n) is 5.01. The van der Waals surface area contributed by atoms with Crippen LogP contribution in [0.2, 0.25) is 0 Å². The molecule has 0 heterocycles. The Morgan fingerprint density at radius 2 is 1.03 bits per heavy atom. The third-order valence-electron chi connectivity index (χ3n) is 8.44. The van der Waals surface area contributed by atoms with E-state index in [1.54, 1.807) is 35.7 Å². The number of hydrogen-bond acceptors (Lipinski definition) is 18. The Bertz CT molecular complexity index is 1890. The van der Waals surface area contributed by atoms with Gasteiger partial charge in [0.25, 0.3) is 0 Å². The van der Waals surface area contributed by atoms with Crippen LogP contribution in [-0.4, -0.2) is 192 Å². The molecule has 0 aromatic heterocycles. The van der Waals surface area contributed by atoms with Crippen LogP contribution >= 0.6 is 37.0 Å². The minimum Gasteiger partial charge on any atom is -0.377 e. The molecule has 3 atom stereocenters. The molecule has 1 aromatic carbocycles. The molecule has 390 valence electrons. The number of ether oxygens (including phenoxy) is 4. The fourth-order valence-corrected chi connectivity index (χ4v) is 6.10. The van der Waals surface area contributed by atoms with E-state index >= 15 is 0 Å². The Morgan fingerprint density at radius 3 is 1.57 bits per heavy atom. The van der Waals surface area contributed by atoms with Crippen molar-refractivity contribution in [1.29, 1.82) is 0 Å². The summed E-state index contributed by atoms with van der Waals surface area (Å²) in [5.74, 6) is -7.35. The molecule has 0 fully saturated rings. The van der Waals surface area contributed by atoms with Crippen molar-refractivity contribution in [2.45, 2.75) is 31.0 Å². The van der Waals surface area contributed by atoms with E-state index in [0.29, 0.717) is 26.4 Å². The zero-order chi connectivity index (χ0) is 51.9. The molecule has 26 nitrogen and oxygen atoms in total. The molecular weight excluding hydrogens is 983 g/mol. The summed E-state index contributed by atoms with van der Waals surface area (Å²) in [4.78, 5) is 133. The largest absolute Gasteiger partial charge is 0.377 e. The van der Waals surface area contributed by atoms with Gasteiger partial charge in [0, 0.05) is 37.4 Å². The minimum absolute atomic E-state index is 0.0854. The van der Waals surface area contributed by atoms with Gasteiger partial charge < -0.3 is 78.3 Å². The van der Waals surface area contributed by atoms with E-state index in [4.69, 9.17) is 30.4 Å². The molecule has 0 saturated carbocycles. The van der Waals surface area contributed by atoms with Gasteiger partial charge in [0.05, 0.1) is 71.6 Å². The van der Waals surface area contributed by atoms with E-state index in [0.717, 1.165) is 17.3 Å². The topological polar surface area (TPSA) is 385 Å². The van der Waals surface area contributed by atoms with E-state index in [1.807, 2.05) is 0 Å². The van der Waals surface area contributed by atoms with E-state index < -0.39 is 103 Å². The van der Waals surface area contributed by atoms with Crippen molar-refractivity contribution in [2.24, 2.45) is 11.5 Å². The van der Waals surface area contributed by atoms with Gasteiger partial charge in [-0.3, -0.25) is 52.7 Å². The van der Waals surface area contributed by atoms with E-state index in [9.17, 15) is 52.7 Å². The summed E-state index contributed by atoms with van der Waals surface area (Å²) >= 11 is 9.27. The van der Waals surface area contributed by atoms with Gasteiger partial charge in [0.15, 0.2) is 0 Å². The lowest BCUT2D eigenvalue weighted by atomic mass is 10.1. The summed E-state index contributed by atoms with van der Waals surface area (Å²) in [5, 5.41) is 23.2. The molecule has 0 saturated heterocycles. The van der Waals surface area contributed by atoms with Gasteiger partial charge in [-0.15, -0.1) is 11.8 Å². The maximum Gasteiger partial charge on any atom is 0.246 e. The van der Waals surface area contributed by atoms with Crippen LogP contribution in [0.3, 0.4) is 0 Å². The highest BCUT2D eigenvalue weighted by Crippen LogP contribution is 2.04. The molecular formula is C41H63N11O15S3. The number of rotatable bonds is 39. The Morgan fingerprint density at radius 1 is 0.529 bits per heavy atom. The molecule has 1 aromatic rings. The average Bonchev–Trinajstić information content (AvgIpc) is 3.33. The molecule has 0 radical (unpaired) electrons. The molecule has 1 rings (SSSR count). The fraction of sp³-hybridized carbons (Fsp3) is 0.537. The Kier molecular flexibility index (Phi) is 34.4. The first-order valence-corrected chi connectivity index (χ1v) is 23.8. The number of thiol groups is 2. The number of thioether (sulfide) groups is 1. The van der Waals surface area contributed by atoms with Crippen LogP contribution in [0.1, 0.15) is 12.0 Å². The zero-order valence-electron chi connectivity index (χ0n) is 38.3. The molecule has 13 N–H and O–H groups in total. The van der Waals surface area contributed by atoms with Crippen LogP contribution in [-0.2, 0) is 78.1 Å². The maximum absolute atomic E-state index is 12.7. The number of nitrogens with one attached hydrogen (secondary N) is 9. The zero-order valence-corrected chi connectivity index (χ0v) is 40.9. The van der Waals surface area contributed by atoms with Gasteiger partial charge in [-0.2, -0.15) is 25.3 Å². The first-order chi connectivity index (χ1) is 33.5. The summed E-state index contributed by atoms with van der Waals surface area (Å²) in [6.45, 7) is -0.502. The first kappa shape index (κ1) is 62.0. The highest BCUT2D eigenvalue weighted by Gasteiger charge is 2.25. The molecule has 70 heavy (non-hydrogen) atoms. The number of amides is 11. The Labute approximate surface area is 419 Å². The molecule has 0 aliphatic heterocycles. The van der Waals surface area contributed by atoms with Gasteiger partial charge in [-0.25, -0.2) is 0 Å². The number of carbonyl (C=O) groups is 11. The van der Waals surface area contributed by atoms with Crippen molar-refractivity contribution < 1.29 is 71.7 Å². The number of nitrogens with two attached hydrogens (primary N) is 2. The normalized spacial score (nSPS) is 12.0. The maximum atomic E-state index is 12.7. The predicted molar refractivity (Wildman–Crippen MR) is 260 cm³/mol. The molecule has 0 bridgehead atoms. The average molecular weight is 1050 g/mol. The Balaban J connectivity index is 2.15. The van der Waals surface area contributed by atoms with Crippen LogP contribution in [0.5, 0.6) is 0 Å². The lowest BCUT2D eigenvalue weighted by molar-refractivity contribution is -0.131. The van der Waals surface area contributed by atoms with Crippen LogP contribution < -0.4 is 59.3 Å². The van der Waals surface area contributed by atoms with Gasteiger partial charge in [-0.1, -0.05) is 36.4 Å². The highest BCUT2D eigenvalue weighted by atomic mass is 32.2. The van der Waals surface area contributed by atoms with Crippen LogP contribution in [0.15, 0.2) is 41.8 Å². The van der Waals surface area contributed by atoms with Crippen LogP contribution in [0.4, 0.5) is 0 Å². The van der Waals surface area contributed by atoms with E-state index in [-0.39, 0.29) is 75.5 Å². The van der Waals surface area contributed by atoms with Crippen molar-refractivity contribution >= 4 is 102 Å². The highest BCUT2D eigenvalue weighted by molar-refractivity contribution is 8.02. The second kappa shape index (κ2) is 38.8. The van der Waals surface area contributed by atoms with E-state index in [1.165, 1.54) is 6.08 Å². The third kappa shape index (κ3) is 32.7. The molecule has 29 heteroatoms. The smallest absolute Gasteiger partial charge is 0.246 e. The monoisotopic (exact) mass is 1050 g/mol.